The molecule has 20 heavy (non-hydrogen) atoms. The van der Waals surface area contributed by atoms with Crippen molar-refractivity contribution in [3.8, 4) is 0 Å². The number of guanidine groups is 1. The molecule has 3 N–H and O–H groups in total. The molecular weight excluding hydrogens is 365 g/mol. The molecular formula is C15H24IN3O. The summed E-state index contributed by atoms with van der Waals surface area (Å²) in [5.41, 5.74) is 6.79. The Labute approximate surface area is 138 Å². The Hall–Kier alpha value is -0.820. The highest BCUT2D eigenvalue weighted by atomic mass is 127. The van der Waals surface area contributed by atoms with Crippen LogP contribution in [0.4, 0.5) is 5.69 Å². The van der Waals surface area contributed by atoms with Crippen LogP contribution in [-0.2, 0) is 4.74 Å². The van der Waals surface area contributed by atoms with Crippen LogP contribution >= 0.6 is 24.0 Å². The molecule has 0 heterocycles. The predicted octanol–water partition coefficient (Wildman–Crippen LogP) is 3.23. The van der Waals surface area contributed by atoms with E-state index in [-0.39, 0.29) is 41.0 Å². The Bertz CT molecular complexity index is 475. The minimum absolute atomic E-state index is 0. The Morgan fingerprint density at radius 3 is 2.40 bits per heavy atom. The molecule has 2 atom stereocenters. The lowest BCUT2D eigenvalue weighted by Crippen LogP contribution is -2.62. The molecule has 2 rings (SSSR count). The second-order valence-corrected chi connectivity index (χ2v) is 5.88. The minimum Gasteiger partial charge on any atom is -0.378 e. The molecule has 0 aliphatic heterocycles. The van der Waals surface area contributed by atoms with Crippen LogP contribution in [0.5, 0.6) is 0 Å². The van der Waals surface area contributed by atoms with Crippen molar-refractivity contribution in [1.82, 2.24) is 0 Å². The molecule has 1 aromatic carbocycles. The van der Waals surface area contributed by atoms with Gasteiger partial charge >= 0.3 is 0 Å². The van der Waals surface area contributed by atoms with Gasteiger partial charge in [0.2, 0.25) is 0 Å². The molecule has 1 aliphatic carbocycles. The summed E-state index contributed by atoms with van der Waals surface area (Å²) in [6.07, 6.45) is 0.896. The van der Waals surface area contributed by atoms with Gasteiger partial charge in [-0.05, 0) is 25.5 Å². The van der Waals surface area contributed by atoms with E-state index >= 15 is 0 Å². The topological polar surface area (TPSA) is 59.6 Å². The largest absolute Gasteiger partial charge is 0.378 e. The maximum Gasteiger partial charge on any atom is 0.193 e. The SMILES string of the molecule is COC1(C)CC(N=C(N)Nc2ccccc2)C1(C)C.I. The molecule has 0 aromatic heterocycles. The molecule has 0 radical (unpaired) electrons. The summed E-state index contributed by atoms with van der Waals surface area (Å²) in [4.78, 5) is 4.58. The monoisotopic (exact) mass is 389 g/mol. The minimum atomic E-state index is -0.117. The van der Waals surface area contributed by atoms with Crippen molar-refractivity contribution < 1.29 is 4.74 Å². The average molecular weight is 389 g/mol. The lowest BCUT2D eigenvalue weighted by atomic mass is 9.56. The fourth-order valence-corrected chi connectivity index (χ4v) is 2.53. The zero-order valence-electron chi connectivity index (χ0n) is 12.5. The van der Waals surface area contributed by atoms with Gasteiger partial charge in [-0.25, -0.2) is 4.99 Å². The number of anilines is 1. The third kappa shape index (κ3) is 3.09. The summed E-state index contributed by atoms with van der Waals surface area (Å²) < 4.78 is 5.59. The van der Waals surface area contributed by atoms with Gasteiger partial charge in [-0.2, -0.15) is 0 Å². The third-order valence-corrected chi connectivity index (χ3v) is 4.57. The number of nitrogens with one attached hydrogen (secondary N) is 1. The second-order valence-electron chi connectivity index (χ2n) is 5.88. The molecule has 1 fully saturated rings. The molecule has 5 heteroatoms. The van der Waals surface area contributed by atoms with Crippen molar-refractivity contribution in [2.45, 2.75) is 38.8 Å². The Morgan fingerprint density at radius 2 is 1.90 bits per heavy atom. The fourth-order valence-electron chi connectivity index (χ4n) is 2.53. The van der Waals surface area contributed by atoms with E-state index in [1.807, 2.05) is 30.3 Å². The zero-order chi connectivity index (χ0) is 14.1. The van der Waals surface area contributed by atoms with E-state index < -0.39 is 0 Å². The molecule has 1 aromatic rings. The van der Waals surface area contributed by atoms with E-state index in [4.69, 9.17) is 10.5 Å². The van der Waals surface area contributed by atoms with Gasteiger partial charge in [-0.1, -0.05) is 32.0 Å². The number of methoxy groups -OCH3 is 1. The predicted molar refractivity (Wildman–Crippen MR) is 94.7 cm³/mol. The van der Waals surface area contributed by atoms with Gasteiger partial charge in [0.15, 0.2) is 5.96 Å². The summed E-state index contributed by atoms with van der Waals surface area (Å²) in [6, 6.07) is 10.0. The zero-order valence-corrected chi connectivity index (χ0v) is 14.8. The summed E-state index contributed by atoms with van der Waals surface area (Å²) in [7, 11) is 1.76. The number of ether oxygens (including phenoxy) is 1. The van der Waals surface area contributed by atoms with Gasteiger partial charge < -0.3 is 15.8 Å². The number of nitrogens with zero attached hydrogens (tertiary/aromatic N) is 1. The normalized spacial score (nSPS) is 28.2. The highest BCUT2D eigenvalue weighted by molar-refractivity contribution is 14.0. The van der Waals surface area contributed by atoms with Crippen LogP contribution in [0, 0.1) is 5.41 Å². The Morgan fingerprint density at radius 1 is 1.30 bits per heavy atom. The molecule has 0 saturated heterocycles. The van der Waals surface area contributed by atoms with Crippen LogP contribution in [0.2, 0.25) is 0 Å². The van der Waals surface area contributed by atoms with E-state index in [1.165, 1.54) is 0 Å². The number of benzene rings is 1. The Kier molecular flexibility index (Phi) is 5.43. The molecule has 0 bridgehead atoms. The third-order valence-electron chi connectivity index (χ3n) is 4.57. The molecule has 0 spiro atoms. The average Bonchev–Trinajstić information content (AvgIpc) is 2.39. The lowest BCUT2D eigenvalue weighted by Gasteiger charge is -2.57. The van der Waals surface area contributed by atoms with E-state index in [0.717, 1.165) is 12.1 Å². The van der Waals surface area contributed by atoms with Crippen molar-refractivity contribution >= 4 is 35.6 Å². The smallest absolute Gasteiger partial charge is 0.193 e. The van der Waals surface area contributed by atoms with Crippen LogP contribution < -0.4 is 11.1 Å². The van der Waals surface area contributed by atoms with Gasteiger partial charge in [0.1, 0.15) is 0 Å². The first-order valence-corrected chi connectivity index (χ1v) is 6.59. The number of nitrogens with two attached hydrogens (primary N) is 1. The van der Waals surface area contributed by atoms with Crippen molar-refractivity contribution in [1.29, 1.82) is 0 Å². The molecule has 0 amide bonds. The first-order valence-electron chi connectivity index (χ1n) is 6.59. The van der Waals surface area contributed by atoms with Gasteiger partial charge in [-0.15, -0.1) is 24.0 Å². The van der Waals surface area contributed by atoms with E-state index in [9.17, 15) is 0 Å². The number of hydrogen-bond acceptors (Lipinski definition) is 2. The number of halogens is 1. The number of rotatable bonds is 3. The van der Waals surface area contributed by atoms with Crippen LogP contribution in [0.25, 0.3) is 0 Å². The first-order chi connectivity index (χ1) is 8.89. The van der Waals surface area contributed by atoms with E-state index in [1.54, 1.807) is 7.11 Å². The summed E-state index contributed by atoms with van der Waals surface area (Å²) in [6.45, 7) is 6.47. The quantitative estimate of drug-likeness (QED) is 0.474. The fraction of sp³-hybridized carbons (Fsp3) is 0.533. The lowest BCUT2D eigenvalue weighted by molar-refractivity contribution is -0.171. The molecule has 1 saturated carbocycles. The standard InChI is InChI=1S/C15H23N3O.HI/c1-14(2)12(10-15(14,3)19-4)18-13(16)17-11-8-6-5-7-9-11;/h5-9,12H,10H2,1-4H3,(H3,16,17,18);1H. The molecule has 2 unspecified atom stereocenters. The Balaban J connectivity index is 0.00000200. The van der Waals surface area contributed by atoms with Crippen LogP contribution in [-0.4, -0.2) is 24.7 Å². The van der Waals surface area contributed by atoms with Crippen molar-refractivity contribution in [2.24, 2.45) is 16.1 Å². The second kappa shape index (κ2) is 6.30. The van der Waals surface area contributed by atoms with Gasteiger partial charge in [0.25, 0.3) is 0 Å². The summed E-state index contributed by atoms with van der Waals surface area (Å²) in [5, 5.41) is 3.11. The van der Waals surface area contributed by atoms with E-state index in [0.29, 0.717) is 5.96 Å². The molecule has 112 valence electrons. The molecule has 4 nitrogen and oxygen atoms in total. The summed E-state index contributed by atoms with van der Waals surface area (Å²) in [5.74, 6) is 0.461. The van der Waals surface area contributed by atoms with Crippen LogP contribution in [0.3, 0.4) is 0 Å². The maximum atomic E-state index is 5.97. The maximum absolute atomic E-state index is 5.97. The van der Waals surface area contributed by atoms with Gasteiger partial charge in [0.05, 0.1) is 11.6 Å². The van der Waals surface area contributed by atoms with Crippen molar-refractivity contribution in [3.63, 3.8) is 0 Å². The number of aliphatic imine (C=N–C) groups is 1. The summed E-state index contributed by atoms with van der Waals surface area (Å²) >= 11 is 0. The van der Waals surface area contributed by atoms with Crippen molar-refractivity contribution in [2.75, 3.05) is 12.4 Å². The molecule has 1 aliphatic rings. The first kappa shape index (κ1) is 17.2. The van der Waals surface area contributed by atoms with Crippen LogP contribution in [0.1, 0.15) is 27.2 Å². The van der Waals surface area contributed by atoms with Crippen molar-refractivity contribution in [3.05, 3.63) is 30.3 Å². The van der Waals surface area contributed by atoms with E-state index in [2.05, 4.69) is 31.1 Å². The van der Waals surface area contributed by atoms with Gasteiger partial charge in [0, 0.05) is 18.2 Å². The number of hydrogen-bond donors (Lipinski definition) is 2. The highest BCUT2D eigenvalue weighted by Gasteiger charge is 2.58. The van der Waals surface area contributed by atoms with Crippen LogP contribution in [0.15, 0.2) is 35.3 Å². The highest BCUT2D eigenvalue weighted by Crippen LogP contribution is 2.53. The van der Waals surface area contributed by atoms with Gasteiger partial charge in [-0.3, -0.25) is 0 Å². The number of para-hydroxylation sites is 1.